The minimum absolute atomic E-state index is 0.0860. The molecule has 0 unspecified atom stereocenters. The van der Waals surface area contributed by atoms with Gasteiger partial charge in [0.25, 0.3) is 5.56 Å². The molecule has 0 fully saturated rings. The van der Waals surface area contributed by atoms with Crippen LogP contribution in [0.5, 0.6) is 0 Å². The molecule has 0 saturated carbocycles. The fourth-order valence-electron chi connectivity index (χ4n) is 3.26. The highest BCUT2D eigenvalue weighted by Gasteiger charge is 2.22. The normalized spacial score (nSPS) is 14.1. The third kappa shape index (κ3) is 2.96. The summed E-state index contributed by atoms with van der Waals surface area (Å²) < 4.78 is 1.46. The molecule has 0 amide bonds. The summed E-state index contributed by atoms with van der Waals surface area (Å²) in [7, 11) is 0. The van der Waals surface area contributed by atoms with Crippen molar-refractivity contribution < 1.29 is 0 Å². The summed E-state index contributed by atoms with van der Waals surface area (Å²) in [4.78, 5) is 24.2. The van der Waals surface area contributed by atoms with E-state index in [9.17, 15) is 4.79 Å². The second kappa shape index (κ2) is 6.61. The Kier molecular flexibility index (Phi) is 4.31. The zero-order chi connectivity index (χ0) is 17.4. The molecule has 0 radical (unpaired) electrons. The van der Waals surface area contributed by atoms with E-state index in [4.69, 9.17) is 12.2 Å². The Morgan fingerprint density at radius 1 is 1.28 bits per heavy atom. The van der Waals surface area contributed by atoms with E-state index in [0.717, 1.165) is 35.0 Å². The van der Waals surface area contributed by atoms with Crippen molar-refractivity contribution in [3.05, 3.63) is 62.5 Å². The van der Waals surface area contributed by atoms with Gasteiger partial charge < -0.3 is 0 Å². The van der Waals surface area contributed by atoms with Gasteiger partial charge >= 0.3 is 0 Å². The molecule has 4 rings (SSSR count). The molecule has 0 saturated heterocycles. The summed E-state index contributed by atoms with van der Waals surface area (Å²) in [5.41, 5.74) is 2.03. The van der Waals surface area contributed by atoms with Gasteiger partial charge in [0.2, 0.25) is 5.11 Å². The minimum atomic E-state index is -0.0860. The zero-order valence-electron chi connectivity index (χ0n) is 13.9. The van der Waals surface area contributed by atoms with E-state index in [1.807, 2.05) is 37.3 Å². The number of thiocarbonyl (C=S) groups is 1. The Morgan fingerprint density at radius 2 is 2.04 bits per heavy atom. The molecule has 0 spiro atoms. The van der Waals surface area contributed by atoms with Gasteiger partial charge in [-0.25, -0.2) is 14.5 Å². The Bertz CT molecular complexity index is 1050. The first-order valence-corrected chi connectivity index (χ1v) is 9.55. The molecule has 25 heavy (non-hydrogen) atoms. The van der Waals surface area contributed by atoms with Crippen LogP contribution >= 0.6 is 23.6 Å². The molecule has 4 nitrogen and oxygen atoms in total. The van der Waals surface area contributed by atoms with Crippen molar-refractivity contribution in [3.8, 4) is 0 Å². The summed E-state index contributed by atoms with van der Waals surface area (Å²) in [6.07, 6.45) is 6.00. The predicted molar refractivity (Wildman–Crippen MR) is 107 cm³/mol. The van der Waals surface area contributed by atoms with E-state index >= 15 is 0 Å². The zero-order valence-corrected chi connectivity index (χ0v) is 15.5. The number of benzene rings is 1. The molecule has 0 bridgehead atoms. The number of aliphatic imine (C=N–C) groups is 1. The fourth-order valence-corrected chi connectivity index (χ4v) is 4.82. The third-order valence-electron chi connectivity index (χ3n) is 4.47. The molecule has 2 aromatic heterocycles. The van der Waals surface area contributed by atoms with Crippen LogP contribution < -0.4 is 5.56 Å². The first-order chi connectivity index (χ1) is 12.1. The first-order valence-electron chi connectivity index (χ1n) is 8.32. The molecule has 126 valence electrons. The molecule has 1 aliphatic carbocycles. The highest BCUT2D eigenvalue weighted by molar-refractivity contribution is 7.80. The number of rotatable bonds is 1. The number of hydrogen-bond acceptors (Lipinski definition) is 4. The topological polar surface area (TPSA) is 47.2 Å². The van der Waals surface area contributed by atoms with Crippen LogP contribution in [0.1, 0.15) is 34.7 Å². The minimum Gasteiger partial charge on any atom is -0.268 e. The Hall–Kier alpha value is -2.18. The molecule has 0 N–H and O–H groups in total. The van der Waals surface area contributed by atoms with Crippen LogP contribution in [0, 0.1) is 6.92 Å². The van der Waals surface area contributed by atoms with Gasteiger partial charge in [-0.2, -0.15) is 0 Å². The number of aromatic nitrogens is 2. The quantitative estimate of drug-likeness (QED) is 0.484. The average Bonchev–Trinajstić information content (AvgIpc) is 2.99. The third-order valence-corrected chi connectivity index (χ3v) is 5.95. The van der Waals surface area contributed by atoms with Gasteiger partial charge in [0.05, 0.1) is 5.39 Å². The van der Waals surface area contributed by atoms with Gasteiger partial charge in [0, 0.05) is 11.1 Å². The molecular formula is C19H17N3OS2. The first kappa shape index (κ1) is 16.3. The predicted octanol–water partition coefficient (Wildman–Crippen LogP) is 3.90. The Morgan fingerprint density at radius 3 is 2.84 bits per heavy atom. The maximum absolute atomic E-state index is 13.1. The van der Waals surface area contributed by atoms with Crippen LogP contribution in [0.2, 0.25) is 0 Å². The van der Waals surface area contributed by atoms with E-state index in [-0.39, 0.29) is 10.7 Å². The lowest BCUT2D eigenvalue weighted by Crippen LogP contribution is -2.28. The summed E-state index contributed by atoms with van der Waals surface area (Å²) >= 11 is 7.07. The van der Waals surface area contributed by atoms with Crippen LogP contribution in [0.3, 0.4) is 0 Å². The van der Waals surface area contributed by atoms with Crippen molar-refractivity contribution in [3.63, 3.8) is 0 Å². The Labute approximate surface area is 154 Å². The maximum atomic E-state index is 13.1. The summed E-state index contributed by atoms with van der Waals surface area (Å²) in [6.45, 7) is 1.81. The van der Waals surface area contributed by atoms with Gasteiger partial charge in [0.1, 0.15) is 10.7 Å². The highest BCUT2D eigenvalue weighted by Crippen LogP contribution is 2.33. The van der Waals surface area contributed by atoms with Gasteiger partial charge in [-0.1, -0.05) is 30.3 Å². The number of hydrogen-bond donors (Lipinski definition) is 0. The van der Waals surface area contributed by atoms with Crippen molar-refractivity contribution >= 4 is 45.1 Å². The largest absolute Gasteiger partial charge is 0.269 e. The Balaban J connectivity index is 1.80. The van der Waals surface area contributed by atoms with Crippen LogP contribution in [-0.4, -0.2) is 20.9 Å². The molecule has 3 aromatic rings. The van der Waals surface area contributed by atoms with E-state index in [1.54, 1.807) is 17.6 Å². The average molecular weight is 367 g/mol. The van der Waals surface area contributed by atoms with Crippen LogP contribution in [0.4, 0.5) is 0 Å². The maximum Gasteiger partial charge on any atom is 0.269 e. The van der Waals surface area contributed by atoms with Crippen LogP contribution in [0.25, 0.3) is 10.2 Å². The number of thiophene rings is 1. The lowest BCUT2D eigenvalue weighted by molar-refractivity contribution is 0.699. The van der Waals surface area contributed by atoms with Crippen LogP contribution in [-0.2, 0) is 12.8 Å². The lowest BCUT2D eigenvalue weighted by atomic mass is 9.97. The van der Waals surface area contributed by atoms with Crippen LogP contribution in [0.15, 0.2) is 40.1 Å². The highest BCUT2D eigenvalue weighted by atomic mass is 32.1. The van der Waals surface area contributed by atoms with E-state index < -0.39 is 0 Å². The summed E-state index contributed by atoms with van der Waals surface area (Å²) in [5, 5.41) is 0.971. The second-order valence-electron chi connectivity index (χ2n) is 6.14. The van der Waals surface area contributed by atoms with E-state index in [0.29, 0.717) is 5.82 Å². The SMILES string of the molecule is Cc1nc2sc3c(c2c(=O)n1C(=S)/N=C/c1ccccc1)CCCC3. The van der Waals surface area contributed by atoms with Gasteiger partial charge in [-0.05, 0) is 56.0 Å². The van der Waals surface area contributed by atoms with E-state index in [2.05, 4.69) is 9.98 Å². The van der Waals surface area contributed by atoms with Crippen molar-refractivity contribution in [2.45, 2.75) is 32.6 Å². The lowest BCUT2D eigenvalue weighted by Gasteiger charge is -2.11. The molecule has 0 atom stereocenters. The second-order valence-corrected chi connectivity index (χ2v) is 7.59. The van der Waals surface area contributed by atoms with Crippen molar-refractivity contribution in [2.75, 3.05) is 0 Å². The molecule has 1 aliphatic rings. The van der Waals surface area contributed by atoms with Crippen molar-refractivity contribution in [1.29, 1.82) is 0 Å². The summed E-state index contributed by atoms with van der Waals surface area (Å²) in [6, 6.07) is 9.71. The smallest absolute Gasteiger partial charge is 0.268 e. The molecular weight excluding hydrogens is 350 g/mol. The van der Waals surface area contributed by atoms with Gasteiger partial charge in [0.15, 0.2) is 0 Å². The number of aryl methyl sites for hydroxylation is 3. The van der Waals surface area contributed by atoms with Crippen molar-refractivity contribution in [1.82, 2.24) is 9.55 Å². The van der Waals surface area contributed by atoms with Crippen molar-refractivity contribution in [2.24, 2.45) is 4.99 Å². The number of fused-ring (bicyclic) bond motifs is 3. The molecule has 2 heterocycles. The van der Waals surface area contributed by atoms with E-state index in [1.165, 1.54) is 21.4 Å². The number of nitrogens with zero attached hydrogens (tertiary/aromatic N) is 3. The molecule has 1 aromatic carbocycles. The standard InChI is InChI=1S/C19H17N3OS2/c1-12-21-17-16(14-9-5-6-10-15(14)25-17)18(23)22(12)19(24)20-11-13-7-3-2-4-8-13/h2-4,7-8,11H,5-6,9-10H2,1H3/b20-11+. The van der Waals surface area contributed by atoms with Gasteiger partial charge in [-0.15, -0.1) is 11.3 Å². The van der Waals surface area contributed by atoms with Gasteiger partial charge in [-0.3, -0.25) is 4.79 Å². The monoisotopic (exact) mass is 367 g/mol. The fraction of sp³-hybridized carbons (Fsp3) is 0.263. The molecule has 6 heteroatoms. The molecule has 0 aliphatic heterocycles. The summed E-state index contributed by atoms with van der Waals surface area (Å²) in [5.74, 6) is 0.589.